The zero-order valence-electron chi connectivity index (χ0n) is 11.7. The fraction of sp³-hybridized carbons (Fsp3) is 0.643. The third-order valence-corrected chi connectivity index (χ3v) is 4.66. The van der Waals surface area contributed by atoms with Gasteiger partial charge in [0.05, 0.1) is 4.47 Å². The van der Waals surface area contributed by atoms with E-state index in [0.29, 0.717) is 0 Å². The molecule has 2 heterocycles. The molecule has 0 aromatic carbocycles. The molecule has 0 unspecified atom stereocenters. The van der Waals surface area contributed by atoms with Crippen LogP contribution >= 0.6 is 31.9 Å². The molecule has 1 fully saturated rings. The smallest absolute Gasteiger partial charge is 0.143 e. The van der Waals surface area contributed by atoms with Gasteiger partial charge in [0.2, 0.25) is 0 Å². The predicted molar refractivity (Wildman–Crippen MR) is 91.2 cm³/mol. The summed E-state index contributed by atoms with van der Waals surface area (Å²) >= 11 is 7.04. The van der Waals surface area contributed by atoms with E-state index in [-0.39, 0.29) is 0 Å². The topological polar surface area (TPSA) is 45.4 Å². The summed E-state index contributed by atoms with van der Waals surface area (Å²) < 4.78 is 2.06. The molecule has 0 bridgehead atoms. The first-order valence-electron chi connectivity index (χ1n) is 7.19. The number of pyridine rings is 1. The number of nitrogens with two attached hydrogens (primary N) is 1. The predicted octanol–water partition coefficient (Wildman–Crippen LogP) is 2.86. The van der Waals surface area contributed by atoms with Gasteiger partial charge in [-0.2, -0.15) is 0 Å². The highest BCUT2D eigenvalue weighted by Gasteiger charge is 2.19. The van der Waals surface area contributed by atoms with Crippen LogP contribution in [0.25, 0.3) is 0 Å². The Morgan fingerprint density at radius 3 is 2.50 bits per heavy atom. The Labute approximate surface area is 138 Å². The minimum atomic E-state index is 0.817. The van der Waals surface area contributed by atoms with Crippen LogP contribution in [0.15, 0.2) is 21.2 Å². The second kappa shape index (κ2) is 8.32. The fourth-order valence-corrected chi connectivity index (χ4v) is 3.72. The molecule has 6 heteroatoms. The van der Waals surface area contributed by atoms with Crippen molar-refractivity contribution >= 4 is 37.7 Å². The molecule has 0 aliphatic carbocycles. The maximum Gasteiger partial charge on any atom is 0.143 e. The summed E-state index contributed by atoms with van der Waals surface area (Å²) in [6.07, 6.45) is 5.52. The highest BCUT2D eigenvalue weighted by Crippen LogP contribution is 2.27. The molecule has 112 valence electrons. The van der Waals surface area contributed by atoms with E-state index in [1.807, 2.05) is 6.20 Å². The molecule has 2 rings (SSSR count). The molecule has 0 spiro atoms. The van der Waals surface area contributed by atoms with Crippen LogP contribution in [0.5, 0.6) is 0 Å². The van der Waals surface area contributed by atoms with E-state index in [1.54, 1.807) is 0 Å². The van der Waals surface area contributed by atoms with Crippen LogP contribution < -0.4 is 10.6 Å². The van der Waals surface area contributed by atoms with Gasteiger partial charge in [0.15, 0.2) is 0 Å². The first-order chi connectivity index (χ1) is 9.70. The Hall–Kier alpha value is -0.170. The van der Waals surface area contributed by atoms with Gasteiger partial charge in [-0.15, -0.1) is 0 Å². The summed E-state index contributed by atoms with van der Waals surface area (Å²) in [4.78, 5) is 9.41. The van der Waals surface area contributed by atoms with Crippen molar-refractivity contribution in [1.29, 1.82) is 0 Å². The molecule has 0 amide bonds. The Morgan fingerprint density at radius 1 is 1.10 bits per heavy atom. The number of piperazine rings is 1. The van der Waals surface area contributed by atoms with Crippen LogP contribution in [0.1, 0.15) is 19.3 Å². The summed E-state index contributed by atoms with van der Waals surface area (Å²) in [6, 6.07) is 2.06. The van der Waals surface area contributed by atoms with Gasteiger partial charge < -0.3 is 10.6 Å². The quantitative estimate of drug-likeness (QED) is 0.739. The van der Waals surface area contributed by atoms with Gasteiger partial charge in [-0.25, -0.2) is 4.98 Å². The van der Waals surface area contributed by atoms with Crippen molar-refractivity contribution in [1.82, 2.24) is 9.88 Å². The maximum absolute atomic E-state index is 5.52. The lowest BCUT2D eigenvalue weighted by molar-refractivity contribution is 0.252. The van der Waals surface area contributed by atoms with Crippen molar-refractivity contribution in [2.24, 2.45) is 5.73 Å². The molecular formula is C14H22Br2N4. The summed E-state index contributed by atoms with van der Waals surface area (Å²) in [5.41, 5.74) is 5.52. The zero-order chi connectivity index (χ0) is 14.4. The SMILES string of the molecule is NCCCCCN1CCN(c2ncc(Br)cc2Br)CC1. The summed E-state index contributed by atoms with van der Waals surface area (Å²) in [5.74, 6) is 1.05. The number of unbranched alkanes of at least 4 members (excludes halogenated alkanes) is 2. The van der Waals surface area contributed by atoms with Crippen molar-refractivity contribution in [3.05, 3.63) is 21.2 Å². The Balaban J connectivity index is 1.79. The van der Waals surface area contributed by atoms with Gasteiger partial charge >= 0.3 is 0 Å². The third kappa shape index (κ3) is 4.69. The van der Waals surface area contributed by atoms with Crippen molar-refractivity contribution < 1.29 is 0 Å². The van der Waals surface area contributed by atoms with Crippen LogP contribution in [0.3, 0.4) is 0 Å². The Bertz CT molecular complexity index is 420. The summed E-state index contributed by atoms with van der Waals surface area (Å²) in [5, 5.41) is 0. The van der Waals surface area contributed by atoms with Gasteiger partial charge in [0, 0.05) is 36.8 Å². The van der Waals surface area contributed by atoms with E-state index in [2.05, 4.69) is 52.7 Å². The van der Waals surface area contributed by atoms with Gasteiger partial charge in [-0.3, -0.25) is 4.90 Å². The maximum atomic E-state index is 5.52. The first kappa shape index (κ1) is 16.2. The van der Waals surface area contributed by atoms with Crippen molar-refractivity contribution in [3.8, 4) is 0 Å². The number of hydrogen-bond donors (Lipinski definition) is 1. The van der Waals surface area contributed by atoms with Gasteiger partial charge in [-0.05, 0) is 63.9 Å². The number of hydrogen-bond acceptors (Lipinski definition) is 4. The number of nitrogens with zero attached hydrogens (tertiary/aromatic N) is 3. The minimum absolute atomic E-state index is 0.817. The highest BCUT2D eigenvalue weighted by molar-refractivity contribution is 9.11. The molecule has 1 aromatic heterocycles. The first-order valence-corrected chi connectivity index (χ1v) is 8.77. The molecule has 0 radical (unpaired) electrons. The van der Waals surface area contributed by atoms with Crippen molar-refractivity contribution in [2.45, 2.75) is 19.3 Å². The van der Waals surface area contributed by atoms with Gasteiger partial charge in [0.25, 0.3) is 0 Å². The monoisotopic (exact) mass is 404 g/mol. The normalized spacial score (nSPS) is 16.6. The van der Waals surface area contributed by atoms with E-state index in [9.17, 15) is 0 Å². The standard InChI is InChI=1S/C14H22Br2N4/c15-12-10-13(16)14(18-11-12)20-8-6-19(7-9-20)5-3-1-2-4-17/h10-11H,1-9,17H2. The molecular weight excluding hydrogens is 384 g/mol. The number of halogens is 2. The number of rotatable bonds is 6. The lowest BCUT2D eigenvalue weighted by Crippen LogP contribution is -2.47. The van der Waals surface area contributed by atoms with Crippen LogP contribution in [-0.4, -0.2) is 49.2 Å². The molecule has 0 atom stereocenters. The van der Waals surface area contributed by atoms with Crippen molar-refractivity contribution in [3.63, 3.8) is 0 Å². The third-order valence-electron chi connectivity index (χ3n) is 3.64. The van der Waals surface area contributed by atoms with Crippen LogP contribution in [0.4, 0.5) is 5.82 Å². The fourth-order valence-electron chi connectivity index (χ4n) is 2.48. The average Bonchev–Trinajstić information content (AvgIpc) is 2.45. The molecule has 0 saturated carbocycles. The van der Waals surface area contributed by atoms with Gasteiger partial charge in [0.1, 0.15) is 5.82 Å². The number of anilines is 1. The minimum Gasteiger partial charge on any atom is -0.353 e. The van der Waals surface area contributed by atoms with E-state index in [4.69, 9.17) is 5.73 Å². The summed E-state index contributed by atoms with van der Waals surface area (Å²) in [7, 11) is 0. The van der Waals surface area contributed by atoms with Gasteiger partial charge in [-0.1, -0.05) is 6.42 Å². The zero-order valence-corrected chi connectivity index (χ0v) is 14.9. The van der Waals surface area contributed by atoms with E-state index < -0.39 is 0 Å². The average molecular weight is 406 g/mol. The molecule has 1 aliphatic heterocycles. The molecule has 20 heavy (non-hydrogen) atoms. The van der Waals surface area contributed by atoms with Crippen LogP contribution in [0, 0.1) is 0 Å². The van der Waals surface area contributed by atoms with Crippen LogP contribution in [-0.2, 0) is 0 Å². The largest absolute Gasteiger partial charge is 0.353 e. The van der Waals surface area contributed by atoms with E-state index in [1.165, 1.54) is 19.4 Å². The lowest BCUT2D eigenvalue weighted by atomic mass is 10.2. The highest BCUT2D eigenvalue weighted by atomic mass is 79.9. The second-order valence-electron chi connectivity index (χ2n) is 5.14. The van der Waals surface area contributed by atoms with Crippen molar-refractivity contribution in [2.75, 3.05) is 44.2 Å². The Kier molecular flexibility index (Phi) is 6.74. The molecule has 1 aliphatic rings. The van der Waals surface area contributed by atoms with Crippen LogP contribution in [0.2, 0.25) is 0 Å². The Morgan fingerprint density at radius 2 is 1.85 bits per heavy atom. The molecule has 1 saturated heterocycles. The molecule has 2 N–H and O–H groups in total. The van der Waals surface area contributed by atoms with E-state index >= 15 is 0 Å². The molecule has 4 nitrogen and oxygen atoms in total. The number of aromatic nitrogens is 1. The second-order valence-corrected chi connectivity index (χ2v) is 6.91. The molecule has 1 aromatic rings. The lowest BCUT2D eigenvalue weighted by Gasteiger charge is -2.35. The summed E-state index contributed by atoms with van der Waals surface area (Å²) in [6.45, 7) is 6.34. The van der Waals surface area contributed by atoms with E-state index in [0.717, 1.165) is 53.9 Å².